The third kappa shape index (κ3) is 3.81. The van der Waals surface area contributed by atoms with E-state index in [9.17, 15) is 4.79 Å². The predicted octanol–water partition coefficient (Wildman–Crippen LogP) is 3.33. The van der Waals surface area contributed by atoms with Crippen LogP contribution in [0, 0.1) is 0 Å². The van der Waals surface area contributed by atoms with Crippen LogP contribution < -0.4 is 29.0 Å². The first-order chi connectivity index (χ1) is 11.6. The molecule has 0 saturated carbocycles. The van der Waals surface area contributed by atoms with E-state index in [4.69, 9.17) is 23.7 Å². The molecule has 0 radical (unpaired) electrons. The van der Waals surface area contributed by atoms with Gasteiger partial charge < -0.3 is 23.7 Å². The number of benzene rings is 2. The summed E-state index contributed by atoms with van der Waals surface area (Å²) in [6.07, 6.45) is -0.718. The summed E-state index contributed by atoms with van der Waals surface area (Å²) in [6.45, 7) is 0. The van der Waals surface area contributed by atoms with Crippen LogP contribution in [0.5, 0.6) is 28.7 Å². The molecule has 128 valence electrons. The zero-order valence-corrected chi connectivity index (χ0v) is 13.9. The van der Waals surface area contributed by atoms with E-state index in [1.165, 1.54) is 28.4 Å². The summed E-state index contributed by atoms with van der Waals surface area (Å²) in [4.78, 5) is 12.2. The largest absolute Gasteiger partial charge is 0.497 e. The number of anilines is 1. The highest BCUT2D eigenvalue weighted by Gasteiger charge is 2.17. The van der Waals surface area contributed by atoms with Crippen LogP contribution in [-0.2, 0) is 0 Å². The minimum Gasteiger partial charge on any atom is -0.497 e. The number of methoxy groups -OCH3 is 4. The lowest BCUT2D eigenvalue weighted by atomic mass is 10.2. The standard InChI is InChI=1S/C17H19NO6/c1-20-11-8-9-13(21-2)12(10-11)18-17(19)24-16-14(22-3)6-5-7-15(16)23-4/h5-10H,1-4H3,(H,18,19). The summed E-state index contributed by atoms with van der Waals surface area (Å²) in [6, 6.07) is 10.1. The molecule has 2 aromatic carbocycles. The first-order valence-corrected chi connectivity index (χ1v) is 7.04. The van der Waals surface area contributed by atoms with Crippen molar-refractivity contribution in [1.82, 2.24) is 0 Å². The Hall–Kier alpha value is -3.09. The minimum atomic E-state index is -0.718. The van der Waals surface area contributed by atoms with Gasteiger partial charge in [-0.1, -0.05) is 6.07 Å². The molecule has 7 nitrogen and oxygen atoms in total. The molecule has 24 heavy (non-hydrogen) atoms. The average Bonchev–Trinajstić information content (AvgIpc) is 2.61. The summed E-state index contributed by atoms with van der Waals surface area (Å²) in [5.74, 6) is 1.98. The van der Waals surface area contributed by atoms with E-state index < -0.39 is 6.09 Å². The lowest BCUT2D eigenvalue weighted by Crippen LogP contribution is -2.18. The van der Waals surface area contributed by atoms with Gasteiger partial charge in [-0.2, -0.15) is 0 Å². The molecule has 0 aliphatic carbocycles. The summed E-state index contributed by atoms with van der Waals surface area (Å²) < 4.78 is 26.1. The maximum absolute atomic E-state index is 12.2. The van der Waals surface area contributed by atoms with Crippen LogP contribution in [0.4, 0.5) is 10.5 Å². The Labute approximate surface area is 140 Å². The first kappa shape index (κ1) is 17.3. The van der Waals surface area contributed by atoms with Gasteiger partial charge in [-0.05, 0) is 24.3 Å². The van der Waals surface area contributed by atoms with Crippen LogP contribution in [0.1, 0.15) is 0 Å². The van der Waals surface area contributed by atoms with E-state index in [1.54, 1.807) is 36.4 Å². The van der Waals surface area contributed by atoms with Gasteiger partial charge in [-0.15, -0.1) is 0 Å². The average molecular weight is 333 g/mol. The summed E-state index contributed by atoms with van der Waals surface area (Å²) >= 11 is 0. The number of nitrogens with one attached hydrogen (secondary N) is 1. The molecule has 0 bridgehead atoms. The van der Waals surface area contributed by atoms with Crippen molar-refractivity contribution in [3.05, 3.63) is 36.4 Å². The Balaban J connectivity index is 2.23. The lowest BCUT2D eigenvalue weighted by molar-refractivity contribution is 0.210. The monoisotopic (exact) mass is 333 g/mol. The molecule has 0 unspecified atom stereocenters. The van der Waals surface area contributed by atoms with Gasteiger partial charge in [0.2, 0.25) is 5.75 Å². The number of carbonyl (C=O) groups excluding carboxylic acids is 1. The Morgan fingerprint density at radius 3 is 2.00 bits per heavy atom. The fraction of sp³-hybridized carbons (Fsp3) is 0.235. The van der Waals surface area contributed by atoms with E-state index in [0.29, 0.717) is 28.7 Å². The van der Waals surface area contributed by atoms with Crippen molar-refractivity contribution in [1.29, 1.82) is 0 Å². The third-order valence-corrected chi connectivity index (χ3v) is 3.22. The topological polar surface area (TPSA) is 75.3 Å². The molecule has 0 spiro atoms. The molecule has 0 aliphatic rings. The number of hydrogen-bond donors (Lipinski definition) is 1. The van der Waals surface area contributed by atoms with Crippen molar-refractivity contribution in [3.63, 3.8) is 0 Å². The van der Waals surface area contributed by atoms with Gasteiger partial charge in [0.25, 0.3) is 0 Å². The number of hydrogen-bond acceptors (Lipinski definition) is 6. The van der Waals surface area contributed by atoms with Gasteiger partial charge in [0.15, 0.2) is 11.5 Å². The molecule has 0 aromatic heterocycles. The van der Waals surface area contributed by atoms with Gasteiger partial charge in [-0.25, -0.2) is 4.79 Å². The fourth-order valence-electron chi connectivity index (χ4n) is 2.06. The van der Waals surface area contributed by atoms with Crippen molar-refractivity contribution in [2.45, 2.75) is 0 Å². The number of rotatable bonds is 6. The van der Waals surface area contributed by atoms with Crippen LogP contribution in [0.15, 0.2) is 36.4 Å². The summed E-state index contributed by atoms with van der Waals surface area (Å²) in [5, 5.41) is 2.61. The smallest absolute Gasteiger partial charge is 0.417 e. The predicted molar refractivity (Wildman–Crippen MR) is 88.7 cm³/mol. The normalized spacial score (nSPS) is 9.83. The summed E-state index contributed by atoms with van der Waals surface area (Å²) in [7, 11) is 5.99. The second kappa shape index (κ2) is 7.96. The van der Waals surface area contributed by atoms with E-state index in [-0.39, 0.29) is 5.75 Å². The lowest BCUT2D eigenvalue weighted by Gasteiger charge is -2.14. The molecule has 0 fully saturated rings. The highest BCUT2D eigenvalue weighted by Crippen LogP contribution is 2.37. The molecule has 0 saturated heterocycles. The summed E-state index contributed by atoms with van der Waals surface area (Å²) in [5.41, 5.74) is 0.413. The highest BCUT2D eigenvalue weighted by atomic mass is 16.6. The first-order valence-electron chi connectivity index (χ1n) is 7.04. The van der Waals surface area contributed by atoms with Crippen LogP contribution in [0.2, 0.25) is 0 Å². The second-order valence-electron chi connectivity index (χ2n) is 4.57. The van der Waals surface area contributed by atoms with E-state index in [1.807, 2.05) is 0 Å². The SMILES string of the molecule is COc1ccc(OC)c(NC(=O)Oc2c(OC)cccc2OC)c1. The maximum Gasteiger partial charge on any atom is 0.417 e. The fourth-order valence-corrected chi connectivity index (χ4v) is 2.06. The molecule has 0 aliphatic heterocycles. The van der Waals surface area contributed by atoms with Crippen molar-refractivity contribution >= 4 is 11.8 Å². The molecule has 7 heteroatoms. The maximum atomic E-state index is 12.2. The highest BCUT2D eigenvalue weighted by molar-refractivity contribution is 5.89. The Morgan fingerprint density at radius 1 is 0.833 bits per heavy atom. The van der Waals surface area contributed by atoms with Crippen LogP contribution in [0.3, 0.4) is 0 Å². The molecule has 2 rings (SSSR count). The van der Waals surface area contributed by atoms with E-state index >= 15 is 0 Å². The number of ether oxygens (including phenoxy) is 5. The molecule has 2 aromatic rings. The Bertz CT molecular complexity index is 694. The molecular weight excluding hydrogens is 314 g/mol. The molecule has 0 heterocycles. The van der Waals surface area contributed by atoms with Crippen LogP contribution in [0.25, 0.3) is 0 Å². The number of amides is 1. The molecular formula is C17H19NO6. The third-order valence-electron chi connectivity index (χ3n) is 3.22. The molecule has 0 atom stereocenters. The van der Waals surface area contributed by atoms with Gasteiger partial charge in [0, 0.05) is 6.07 Å². The van der Waals surface area contributed by atoms with E-state index in [0.717, 1.165) is 0 Å². The van der Waals surface area contributed by atoms with Gasteiger partial charge in [0.05, 0.1) is 34.1 Å². The van der Waals surface area contributed by atoms with Crippen molar-refractivity contribution in [3.8, 4) is 28.7 Å². The number of para-hydroxylation sites is 1. The Morgan fingerprint density at radius 2 is 1.46 bits per heavy atom. The minimum absolute atomic E-state index is 0.182. The quantitative estimate of drug-likeness (QED) is 0.874. The van der Waals surface area contributed by atoms with Crippen LogP contribution in [-0.4, -0.2) is 34.5 Å². The Kier molecular flexibility index (Phi) is 5.73. The van der Waals surface area contributed by atoms with Gasteiger partial charge >= 0.3 is 6.09 Å². The van der Waals surface area contributed by atoms with Crippen LogP contribution >= 0.6 is 0 Å². The second-order valence-corrected chi connectivity index (χ2v) is 4.57. The van der Waals surface area contributed by atoms with E-state index in [2.05, 4.69) is 5.32 Å². The van der Waals surface area contributed by atoms with Crippen molar-refractivity contribution < 1.29 is 28.5 Å². The van der Waals surface area contributed by atoms with Crippen molar-refractivity contribution in [2.75, 3.05) is 33.8 Å². The zero-order chi connectivity index (χ0) is 17.5. The number of carbonyl (C=O) groups is 1. The van der Waals surface area contributed by atoms with Crippen molar-refractivity contribution in [2.24, 2.45) is 0 Å². The molecule has 1 amide bonds. The zero-order valence-electron chi connectivity index (χ0n) is 13.9. The van der Waals surface area contributed by atoms with Gasteiger partial charge in [-0.3, -0.25) is 5.32 Å². The van der Waals surface area contributed by atoms with Gasteiger partial charge in [0.1, 0.15) is 11.5 Å². The molecule has 1 N–H and O–H groups in total.